The normalized spacial score (nSPS) is 26.5. The zero-order valence-electron chi connectivity index (χ0n) is 24.2. The Morgan fingerprint density at radius 3 is 1.70 bits per heavy atom. The Hall–Kier alpha value is -2.43. The second kappa shape index (κ2) is 13.3. The minimum absolute atomic E-state index is 0.408. The molecule has 4 aliphatic rings. The minimum atomic E-state index is -0.668. The zero-order chi connectivity index (χ0) is 30.0. The largest absolute Gasteiger partial charge is 0.385 e. The SMILES string of the molecule is Clc1ccccc1-c1ccccc1Br.O=C1CC2CCC1C2.OC1(c2ccccc2-c2ccccc2Cl)CC2CCC1C2. The first-order valence-electron chi connectivity index (χ1n) is 15.4. The molecule has 0 radical (unpaired) electrons. The monoisotopic (exact) mass is 674 g/mol. The molecule has 5 heteroatoms. The third-order valence-corrected chi connectivity index (χ3v) is 11.2. The van der Waals surface area contributed by atoms with Gasteiger partial charge in [0.05, 0.1) is 5.60 Å². The number of Topliss-reactive ketones (excluding diaryl/α,β-unsaturated/α-hetero) is 1. The summed E-state index contributed by atoms with van der Waals surface area (Å²) in [7, 11) is 0. The number of ketones is 1. The molecule has 43 heavy (non-hydrogen) atoms. The lowest BCUT2D eigenvalue weighted by atomic mass is 9.76. The van der Waals surface area contributed by atoms with Crippen LogP contribution in [0.1, 0.15) is 56.9 Å². The lowest BCUT2D eigenvalue weighted by molar-refractivity contribution is -0.121. The smallest absolute Gasteiger partial charge is 0.136 e. The summed E-state index contributed by atoms with van der Waals surface area (Å²) >= 11 is 16.0. The zero-order valence-corrected chi connectivity index (χ0v) is 27.3. The van der Waals surface area contributed by atoms with E-state index in [2.05, 4.69) is 28.1 Å². The van der Waals surface area contributed by atoms with Gasteiger partial charge >= 0.3 is 0 Å². The van der Waals surface area contributed by atoms with Crippen molar-refractivity contribution >= 4 is 44.9 Å². The average molecular weight is 677 g/mol. The van der Waals surface area contributed by atoms with E-state index < -0.39 is 5.60 Å². The summed E-state index contributed by atoms with van der Waals surface area (Å²) < 4.78 is 1.06. The van der Waals surface area contributed by atoms with Crippen molar-refractivity contribution in [1.82, 2.24) is 0 Å². The van der Waals surface area contributed by atoms with Crippen molar-refractivity contribution in [3.63, 3.8) is 0 Å². The van der Waals surface area contributed by atoms with E-state index in [4.69, 9.17) is 23.2 Å². The van der Waals surface area contributed by atoms with Crippen molar-refractivity contribution in [1.29, 1.82) is 0 Å². The van der Waals surface area contributed by atoms with Gasteiger partial charge in [0.2, 0.25) is 0 Å². The molecule has 0 heterocycles. The second-order valence-corrected chi connectivity index (χ2v) is 14.2. The molecule has 222 valence electrons. The van der Waals surface area contributed by atoms with E-state index >= 15 is 0 Å². The van der Waals surface area contributed by atoms with Gasteiger partial charge < -0.3 is 5.11 Å². The predicted octanol–water partition coefficient (Wildman–Crippen LogP) is 11.2. The molecule has 4 fully saturated rings. The highest BCUT2D eigenvalue weighted by Gasteiger charge is 2.51. The molecule has 4 aromatic carbocycles. The highest BCUT2D eigenvalue weighted by Crippen LogP contribution is 2.57. The van der Waals surface area contributed by atoms with Crippen LogP contribution in [0.15, 0.2) is 102 Å². The fraction of sp³-hybridized carbons (Fsp3) is 0.342. The van der Waals surface area contributed by atoms with Gasteiger partial charge in [-0.3, -0.25) is 4.79 Å². The molecule has 5 atom stereocenters. The number of carbonyl (C=O) groups excluding carboxylic acids is 1. The summed E-state index contributed by atoms with van der Waals surface area (Å²) in [6.45, 7) is 0. The molecule has 4 aromatic rings. The number of hydrogen-bond donors (Lipinski definition) is 1. The molecule has 0 aromatic heterocycles. The third kappa shape index (κ3) is 6.52. The van der Waals surface area contributed by atoms with Crippen LogP contribution >= 0.6 is 39.1 Å². The second-order valence-electron chi connectivity index (χ2n) is 12.5. The molecule has 1 N–H and O–H groups in total. The van der Waals surface area contributed by atoms with Crippen LogP contribution < -0.4 is 0 Å². The van der Waals surface area contributed by atoms with E-state index in [1.54, 1.807) is 0 Å². The van der Waals surface area contributed by atoms with Crippen molar-refractivity contribution < 1.29 is 9.90 Å². The van der Waals surface area contributed by atoms with Gasteiger partial charge in [-0.25, -0.2) is 0 Å². The van der Waals surface area contributed by atoms with Gasteiger partial charge in [0.15, 0.2) is 0 Å². The maximum absolute atomic E-state index is 11.3. The van der Waals surface area contributed by atoms with Crippen LogP contribution in [0.3, 0.4) is 0 Å². The Balaban J connectivity index is 0.000000128. The summed E-state index contributed by atoms with van der Waals surface area (Å²) in [5.41, 5.74) is 4.67. The summed E-state index contributed by atoms with van der Waals surface area (Å²) in [5.74, 6) is 2.94. The van der Waals surface area contributed by atoms with Crippen molar-refractivity contribution in [3.8, 4) is 22.3 Å². The Morgan fingerprint density at radius 1 is 0.651 bits per heavy atom. The molecule has 8 rings (SSSR count). The number of benzene rings is 4. The molecule has 4 bridgehead atoms. The Morgan fingerprint density at radius 2 is 1.21 bits per heavy atom. The van der Waals surface area contributed by atoms with Crippen LogP contribution in [0.25, 0.3) is 22.3 Å². The average Bonchev–Trinajstić information content (AvgIpc) is 3.82. The first kappa shape index (κ1) is 30.6. The molecule has 0 saturated heterocycles. The number of rotatable bonds is 3. The predicted molar refractivity (Wildman–Crippen MR) is 181 cm³/mol. The molecule has 4 saturated carbocycles. The van der Waals surface area contributed by atoms with Crippen LogP contribution in [0, 0.1) is 23.7 Å². The highest BCUT2D eigenvalue weighted by atomic mass is 79.9. The molecule has 0 amide bonds. The number of carbonyl (C=O) groups is 1. The Bertz CT molecular complexity index is 1560. The van der Waals surface area contributed by atoms with Gasteiger partial charge in [0.25, 0.3) is 0 Å². The molecule has 2 nitrogen and oxygen atoms in total. The molecule has 4 aliphatic carbocycles. The standard InChI is InChI=1S/C19H19ClO.C12H8BrCl.C7H10O/c20-18-8-4-2-6-16(18)15-5-1-3-7-17(15)19(21)12-13-9-10-14(19)11-13;13-11-7-3-1-5-9(11)10-6-2-4-8-12(10)14;8-7-4-5-1-2-6(7)3-5/h1-8,13-14,21H,9-12H2;1-8H;5-6H,1-4H2. The summed E-state index contributed by atoms with van der Waals surface area (Å²) in [5, 5.41) is 12.9. The van der Waals surface area contributed by atoms with Gasteiger partial charge in [-0.15, -0.1) is 0 Å². The maximum atomic E-state index is 11.3. The van der Waals surface area contributed by atoms with E-state index in [-0.39, 0.29) is 0 Å². The van der Waals surface area contributed by atoms with E-state index in [9.17, 15) is 9.90 Å². The van der Waals surface area contributed by atoms with Gasteiger partial charge in [0, 0.05) is 38.0 Å². The lowest BCUT2D eigenvalue weighted by Crippen LogP contribution is -2.32. The first-order chi connectivity index (χ1) is 20.8. The minimum Gasteiger partial charge on any atom is -0.385 e. The van der Waals surface area contributed by atoms with Gasteiger partial charge in [-0.1, -0.05) is 118 Å². The number of hydrogen-bond acceptors (Lipinski definition) is 2. The first-order valence-corrected chi connectivity index (χ1v) is 17.0. The van der Waals surface area contributed by atoms with Gasteiger partial charge in [-0.05, 0) is 97.6 Å². The van der Waals surface area contributed by atoms with Crippen LogP contribution in [0.5, 0.6) is 0 Å². The van der Waals surface area contributed by atoms with Crippen LogP contribution in [0.4, 0.5) is 0 Å². The fourth-order valence-corrected chi connectivity index (χ4v) is 8.74. The van der Waals surface area contributed by atoms with E-state index in [0.717, 1.165) is 67.5 Å². The lowest BCUT2D eigenvalue weighted by Gasteiger charge is -2.34. The molecule has 0 spiro atoms. The summed E-state index contributed by atoms with van der Waals surface area (Å²) in [6, 6.07) is 32.0. The Kier molecular flexibility index (Phi) is 9.45. The van der Waals surface area contributed by atoms with Crippen LogP contribution in [0.2, 0.25) is 10.0 Å². The summed E-state index contributed by atoms with van der Waals surface area (Å²) in [4.78, 5) is 10.8. The van der Waals surface area contributed by atoms with Gasteiger partial charge in [-0.2, -0.15) is 0 Å². The summed E-state index contributed by atoms with van der Waals surface area (Å²) in [6.07, 6.45) is 9.16. The van der Waals surface area contributed by atoms with E-state index in [0.29, 0.717) is 23.5 Å². The highest BCUT2D eigenvalue weighted by molar-refractivity contribution is 9.10. The van der Waals surface area contributed by atoms with Crippen molar-refractivity contribution in [2.75, 3.05) is 0 Å². The van der Waals surface area contributed by atoms with Gasteiger partial charge in [0.1, 0.15) is 5.78 Å². The van der Waals surface area contributed by atoms with Crippen molar-refractivity contribution in [2.24, 2.45) is 23.7 Å². The molecule has 0 aliphatic heterocycles. The molecular formula is C38H37BrCl2O2. The number of fused-ring (bicyclic) bond motifs is 4. The Labute approximate surface area is 273 Å². The number of aliphatic hydroxyl groups is 1. The third-order valence-electron chi connectivity index (χ3n) is 9.90. The van der Waals surface area contributed by atoms with Crippen molar-refractivity contribution in [2.45, 2.75) is 57.0 Å². The van der Waals surface area contributed by atoms with Crippen LogP contribution in [-0.2, 0) is 10.4 Å². The quantitative estimate of drug-likeness (QED) is 0.235. The van der Waals surface area contributed by atoms with E-state index in [1.807, 2.05) is 84.9 Å². The topological polar surface area (TPSA) is 37.3 Å². The van der Waals surface area contributed by atoms with Crippen LogP contribution in [-0.4, -0.2) is 10.9 Å². The number of halogens is 3. The maximum Gasteiger partial charge on any atom is 0.136 e. The molecule has 5 unspecified atom stereocenters. The van der Waals surface area contributed by atoms with Crippen molar-refractivity contribution in [3.05, 3.63) is 117 Å². The van der Waals surface area contributed by atoms with E-state index in [1.165, 1.54) is 32.1 Å². The molecular weight excluding hydrogens is 639 g/mol. The fourth-order valence-electron chi connectivity index (χ4n) is 7.77.